The van der Waals surface area contributed by atoms with Crippen LogP contribution in [0.3, 0.4) is 0 Å². The van der Waals surface area contributed by atoms with E-state index in [4.69, 9.17) is 0 Å². The van der Waals surface area contributed by atoms with Crippen molar-refractivity contribution in [3.63, 3.8) is 0 Å². The first-order valence-electron chi connectivity index (χ1n) is 7.37. The summed E-state index contributed by atoms with van der Waals surface area (Å²) in [6.45, 7) is 3.87. The molecule has 1 aliphatic rings. The van der Waals surface area contributed by atoms with Gasteiger partial charge in [0.1, 0.15) is 0 Å². The SMILES string of the molecule is CCC(CNC(=O)C1CCCCN1)c1ccccc1. The molecule has 19 heavy (non-hydrogen) atoms. The standard InChI is InChI=1S/C16H24N2O/c1-2-13(14-8-4-3-5-9-14)12-18-16(19)15-10-6-7-11-17-15/h3-5,8-9,13,15,17H,2,6-7,10-12H2,1H3,(H,18,19). The number of benzene rings is 1. The van der Waals surface area contributed by atoms with Crippen molar-refractivity contribution in [2.45, 2.75) is 44.6 Å². The minimum atomic E-state index is 0.0158. The molecule has 1 aromatic carbocycles. The van der Waals surface area contributed by atoms with Crippen molar-refractivity contribution in [1.29, 1.82) is 0 Å². The molecule has 1 aliphatic heterocycles. The molecule has 2 rings (SSSR count). The zero-order valence-electron chi connectivity index (χ0n) is 11.7. The topological polar surface area (TPSA) is 41.1 Å². The Hall–Kier alpha value is -1.35. The molecule has 0 radical (unpaired) electrons. The van der Waals surface area contributed by atoms with E-state index in [9.17, 15) is 4.79 Å². The lowest BCUT2D eigenvalue weighted by atomic mass is 9.96. The summed E-state index contributed by atoms with van der Waals surface area (Å²) >= 11 is 0. The Bertz CT molecular complexity index is 385. The maximum absolute atomic E-state index is 12.1. The van der Waals surface area contributed by atoms with Crippen LogP contribution in [-0.4, -0.2) is 25.0 Å². The van der Waals surface area contributed by atoms with Crippen LogP contribution in [0.2, 0.25) is 0 Å². The van der Waals surface area contributed by atoms with Gasteiger partial charge in [0, 0.05) is 12.5 Å². The fourth-order valence-electron chi connectivity index (χ4n) is 2.65. The first-order valence-corrected chi connectivity index (χ1v) is 7.37. The zero-order valence-corrected chi connectivity index (χ0v) is 11.7. The Morgan fingerprint density at radius 3 is 2.79 bits per heavy atom. The normalized spacial score (nSPS) is 20.8. The highest BCUT2D eigenvalue weighted by Crippen LogP contribution is 2.18. The second-order valence-corrected chi connectivity index (χ2v) is 5.26. The fourth-order valence-corrected chi connectivity index (χ4v) is 2.65. The quantitative estimate of drug-likeness (QED) is 0.854. The Balaban J connectivity index is 1.84. The highest BCUT2D eigenvalue weighted by molar-refractivity contribution is 5.81. The lowest BCUT2D eigenvalue weighted by molar-refractivity contribution is -0.123. The van der Waals surface area contributed by atoms with Crippen LogP contribution >= 0.6 is 0 Å². The van der Waals surface area contributed by atoms with Gasteiger partial charge in [0.2, 0.25) is 5.91 Å². The van der Waals surface area contributed by atoms with Gasteiger partial charge >= 0.3 is 0 Å². The number of nitrogens with one attached hydrogen (secondary N) is 2. The molecule has 1 fully saturated rings. The lowest BCUT2D eigenvalue weighted by Gasteiger charge is -2.24. The van der Waals surface area contributed by atoms with Crippen molar-refractivity contribution in [3.8, 4) is 0 Å². The maximum atomic E-state index is 12.1. The minimum Gasteiger partial charge on any atom is -0.354 e. The highest BCUT2D eigenvalue weighted by atomic mass is 16.2. The number of carbonyl (C=O) groups excluding carboxylic acids is 1. The highest BCUT2D eigenvalue weighted by Gasteiger charge is 2.21. The molecule has 0 aromatic heterocycles. The molecular formula is C16H24N2O. The summed E-state index contributed by atoms with van der Waals surface area (Å²) in [5.74, 6) is 0.572. The summed E-state index contributed by atoms with van der Waals surface area (Å²) in [5, 5.41) is 6.39. The van der Waals surface area contributed by atoms with Gasteiger partial charge in [-0.05, 0) is 31.4 Å². The average molecular weight is 260 g/mol. The first-order chi connectivity index (χ1) is 9.31. The largest absolute Gasteiger partial charge is 0.354 e. The molecule has 0 saturated carbocycles. The summed E-state index contributed by atoms with van der Waals surface area (Å²) in [4.78, 5) is 12.1. The predicted molar refractivity (Wildman–Crippen MR) is 78.1 cm³/mol. The van der Waals surface area contributed by atoms with Crippen molar-refractivity contribution >= 4 is 5.91 Å². The molecule has 104 valence electrons. The van der Waals surface area contributed by atoms with Crippen LogP contribution in [0.4, 0.5) is 0 Å². The van der Waals surface area contributed by atoms with Crippen LogP contribution in [0.1, 0.15) is 44.1 Å². The Morgan fingerprint density at radius 2 is 2.16 bits per heavy atom. The van der Waals surface area contributed by atoms with Gasteiger partial charge in [0.25, 0.3) is 0 Å². The molecule has 2 N–H and O–H groups in total. The molecule has 2 unspecified atom stereocenters. The molecule has 1 heterocycles. The zero-order chi connectivity index (χ0) is 13.5. The van der Waals surface area contributed by atoms with Crippen LogP contribution in [0.25, 0.3) is 0 Å². The number of hydrogen-bond donors (Lipinski definition) is 2. The van der Waals surface area contributed by atoms with E-state index in [1.807, 2.05) is 6.07 Å². The van der Waals surface area contributed by atoms with Crippen LogP contribution < -0.4 is 10.6 Å². The van der Waals surface area contributed by atoms with Crippen molar-refractivity contribution < 1.29 is 4.79 Å². The van der Waals surface area contributed by atoms with E-state index in [0.717, 1.165) is 32.4 Å². The van der Waals surface area contributed by atoms with E-state index in [-0.39, 0.29) is 11.9 Å². The van der Waals surface area contributed by atoms with E-state index in [2.05, 4.69) is 41.8 Å². The molecule has 1 aromatic rings. The second-order valence-electron chi connectivity index (χ2n) is 5.26. The second kappa shape index (κ2) is 7.29. The van der Waals surface area contributed by atoms with Crippen molar-refractivity contribution in [2.24, 2.45) is 0 Å². The van der Waals surface area contributed by atoms with Gasteiger partial charge in [0.15, 0.2) is 0 Å². The number of carbonyl (C=O) groups is 1. The number of rotatable bonds is 5. The molecule has 0 bridgehead atoms. The molecule has 3 heteroatoms. The summed E-state index contributed by atoms with van der Waals surface area (Å²) in [5.41, 5.74) is 1.31. The summed E-state index contributed by atoms with van der Waals surface area (Å²) in [6.07, 6.45) is 4.35. The van der Waals surface area contributed by atoms with Gasteiger partial charge in [-0.2, -0.15) is 0 Å². The van der Waals surface area contributed by atoms with Crippen LogP contribution in [0.5, 0.6) is 0 Å². The number of piperidine rings is 1. The van der Waals surface area contributed by atoms with Crippen molar-refractivity contribution in [2.75, 3.05) is 13.1 Å². The van der Waals surface area contributed by atoms with E-state index in [1.165, 1.54) is 12.0 Å². The molecule has 1 amide bonds. The molecule has 2 atom stereocenters. The van der Waals surface area contributed by atoms with Crippen LogP contribution in [-0.2, 0) is 4.79 Å². The smallest absolute Gasteiger partial charge is 0.237 e. The lowest BCUT2D eigenvalue weighted by Crippen LogP contribution is -2.47. The summed E-state index contributed by atoms with van der Waals surface area (Å²) < 4.78 is 0. The molecule has 1 saturated heterocycles. The molecule has 3 nitrogen and oxygen atoms in total. The summed E-state index contributed by atoms with van der Waals surface area (Å²) in [7, 11) is 0. The van der Waals surface area contributed by atoms with Gasteiger partial charge in [-0.25, -0.2) is 0 Å². The third-order valence-electron chi connectivity index (χ3n) is 3.91. The number of hydrogen-bond acceptors (Lipinski definition) is 2. The van der Waals surface area contributed by atoms with E-state index in [0.29, 0.717) is 5.92 Å². The van der Waals surface area contributed by atoms with E-state index in [1.54, 1.807) is 0 Å². The van der Waals surface area contributed by atoms with Gasteiger partial charge in [-0.3, -0.25) is 4.79 Å². The van der Waals surface area contributed by atoms with Crippen molar-refractivity contribution in [1.82, 2.24) is 10.6 Å². The monoisotopic (exact) mass is 260 g/mol. The maximum Gasteiger partial charge on any atom is 0.237 e. The van der Waals surface area contributed by atoms with Gasteiger partial charge in [-0.15, -0.1) is 0 Å². The number of amides is 1. The third kappa shape index (κ3) is 4.06. The van der Waals surface area contributed by atoms with Crippen LogP contribution in [0.15, 0.2) is 30.3 Å². The molecule has 0 aliphatic carbocycles. The van der Waals surface area contributed by atoms with Crippen molar-refractivity contribution in [3.05, 3.63) is 35.9 Å². The summed E-state index contributed by atoms with van der Waals surface area (Å²) in [6, 6.07) is 10.4. The Labute approximate surface area is 115 Å². The average Bonchev–Trinajstić information content (AvgIpc) is 2.49. The Morgan fingerprint density at radius 1 is 1.37 bits per heavy atom. The molecule has 0 spiro atoms. The predicted octanol–water partition coefficient (Wildman–Crippen LogP) is 2.44. The fraction of sp³-hybridized carbons (Fsp3) is 0.562. The minimum absolute atomic E-state index is 0.0158. The molecular weight excluding hydrogens is 236 g/mol. The first kappa shape index (κ1) is 14.1. The van der Waals surface area contributed by atoms with Gasteiger partial charge in [-0.1, -0.05) is 43.7 Å². The Kier molecular flexibility index (Phi) is 5.40. The van der Waals surface area contributed by atoms with Crippen LogP contribution in [0, 0.1) is 0 Å². The van der Waals surface area contributed by atoms with Gasteiger partial charge < -0.3 is 10.6 Å². The van der Waals surface area contributed by atoms with E-state index >= 15 is 0 Å². The van der Waals surface area contributed by atoms with E-state index < -0.39 is 0 Å². The third-order valence-corrected chi connectivity index (χ3v) is 3.91. The van der Waals surface area contributed by atoms with Gasteiger partial charge in [0.05, 0.1) is 6.04 Å².